The minimum absolute atomic E-state index is 0.169. The van der Waals surface area contributed by atoms with Crippen molar-refractivity contribution < 1.29 is 23.2 Å². The average molecular weight is 365 g/mol. The molecule has 0 unspecified atom stereocenters. The van der Waals surface area contributed by atoms with Gasteiger partial charge in [0.05, 0.1) is 5.56 Å². The van der Waals surface area contributed by atoms with Gasteiger partial charge in [0.2, 0.25) is 11.8 Å². The molecule has 26 heavy (non-hydrogen) atoms. The van der Waals surface area contributed by atoms with Crippen molar-refractivity contribution in [1.29, 1.82) is 0 Å². The van der Waals surface area contributed by atoms with Crippen molar-refractivity contribution >= 4 is 17.7 Å². The fraction of sp³-hybridized carbons (Fsp3) is 0.500. The molecule has 2 saturated heterocycles. The lowest BCUT2D eigenvalue weighted by atomic mass is 9.99. The van der Waals surface area contributed by atoms with E-state index in [2.05, 4.69) is 10.6 Å². The Morgan fingerprint density at radius 3 is 2.77 bits per heavy atom. The number of benzene rings is 1. The van der Waals surface area contributed by atoms with Crippen LogP contribution in [0.4, 0.5) is 8.78 Å². The normalized spacial score (nSPS) is 25.3. The molecule has 3 amide bonds. The quantitative estimate of drug-likeness (QED) is 0.842. The standard InChI is InChI=1S/C18H21F2N3O3/c1-9(2)6-13-18(26)23-8-10(7-14(23)17(25)22-13)21-16(24)11-4-3-5-12(19)15(11)20/h3-5,9-10,13-14H,6-8H2,1-2H3,(H,21,24)(H,22,25)/t10-,13+,14-/m0/s1. The lowest BCUT2D eigenvalue weighted by Gasteiger charge is -2.35. The number of amides is 3. The Morgan fingerprint density at radius 1 is 1.35 bits per heavy atom. The molecule has 0 radical (unpaired) electrons. The zero-order valence-corrected chi connectivity index (χ0v) is 14.6. The summed E-state index contributed by atoms with van der Waals surface area (Å²) in [5.41, 5.74) is -0.400. The van der Waals surface area contributed by atoms with Crippen LogP contribution in [-0.2, 0) is 9.59 Å². The predicted molar refractivity (Wildman–Crippen MR) is 89.1 cm³/mol. The Bertz CT molecular complexity index is 753. The number of hydrogen-bond donors (Lipinski definition) is 2. The lowest BCUT2D eigenvalue weighted by Crippen LogP contribution is -2.61. The molecule has 1 aromatic rings. The maximum atomic E-state index is 13.8. The molecule has 2 aliphatic rings. The molecule has 2 N–H and O–H groups in total. The van der Waals surface area contributed by atoms with Crippen LogP contribution in [0.2, 0.25) is 0 Å². The summed E-state index contributed by atoms with van der Waals surface area (Å²) in [5.74, 6) is -3.26. The Kier molecular flexibility index (Phi) is 4.93. The van der Waals surface area contributed by atoms with Gasteiger partial charge < -0.3 is 15.5 Å². The highest BCUT2D eigenvalue weighted by atomic mass is 19.2. The molecule has 2 heterocycles. The van der Waals surface area contributed by atoms with Gasteiger partial charge in [-0.25, -0.2) is 8.78 Å². The van der Waals surface area contributed by atoms with Crippen molar-refractivity contribution in [3.8, 4) is 0 Å². The van der Waals surface area contributed by atoms with E-state index in [-0.39, 0.29) is 30.7 Å². The van der Waals surface area contributed by atoms with Crippen LogP contribution in [0.1, 0.15) is 37.0 Å². The van der Waals surface area contributed by atoms with Crippen LogP contribution < -0.4 is 10.6 Å². The fourth-order valence-corrected chi connectivity index (χ4v) is 3.54. The van der Waals surface area contributed by atoms with Crippen LogP contribution >= 0.6 is 0 Å². The van der Waals surface area contributed by atoms with Crippen molar-refractivity contribution in [2.75, 3.05) is 6.54 Å². The van der Waals surface area contributed by atoms with Crippen molar-refractivity contribution in [1.82, 2.24) is 15.5 Å². The van der Waals surface area contributed by atoms with Crippen molar-refractivity contribution in [2.24, 2.45) is 5.92 Å². The van der Waals surface area contributed by atoms with Crippen molar-refractivity contribution in [3.63, 3.8) is 0 Å². The van der Waals surface area contributed by atoms with Gasteiger partial charge in [-0.3, -0.25) is 14.4 Å². The first-order valence-corrected chi connectivity index (χ1v) is 8.63. The monoisotopic (exact) mass is 365 g/mol. The number of carbonyl (C=O) groups excluding carboxylic acids is 3. The summed E-state index contributed by atoms with van der Waals surface area (Å²) in [6.07, 6.45) is 0.786. The molecule has 2 fully saturated rings. The van der Waals surface area contributed by atoms with Gasteiger partial charge >= 0.3 is 0 Å². The third kappa shape index (κ3) is 3.40. The van der Waals surface area contributed by atoms with Gasteiger partial charge in [0.25, 0.3) is 5.91 Å². The average Bonchev–Trinajstić information content (AvgIpc) is 2.99. The summed E-state index contributed by atoms with van der Waals surface area (Å²) >= 11 is 0. The Hall–Kier alpha value is -2.51. The van der Waals surface area contributed by atoms with E-state index in [1.807, 2.05) is 13.8 Å². The second-order valence-electron chi connectivity index (χ2n) is 7.20. The SMILES string of the molecule is CC(C)C[C@H]1NC(=O)[C@@H]2C[C@H](NC(=O)c3cccc(F)c3F)CN2C1=O. The van der Waals surface area contributed by atoms with Gasteiger partial charge in [-0.15, -0.1) is 0 Å². The molecule has 8 heteroatoms. The van der Waals surface area contributed by atoms with Gasteiger partial charge in [0.15, 0.2) is 11.6 Å². The van der Waals surface area contributed by atoms with E-state index in [9.17, 15) is 23.2 Å². The third-order valence-corrected chi connectivity index (χ3v) is 4.74. The molecule has 140 valence electrons. The van der Waals surface area contributed by atoms with E-state index in [0.29, 0.717) is 6.42 Å². The number of carbonyl (C=O) groups is 3. The molecule has 2 aliphatic heterocycles. The van der Waals surface area contributed by atoms with Crippen LogP contribution in [0, 0.1) is 17.6 Å². The number of nitrogens with one attached hydrogen (secondary N) is 2. The van der Waals surface area contributed by atoms with Gasteiger partial charge in [-0.1, -0.05) is 19.9 Å². The highest BCUT2D eigenvalue weighted by Crippen LogP contribution is 2.25. The molecule has 3 rings (SSSR count). The summed E-state index contributed by atoms with van der Waals surface area (Å²) in [6, 6.07) is 1.66. The maximum absolute atomic E-state index is 13.8. The molecule has 1 aromatic carbocycles. The van der Waals surface area contributed by atoms with Crippen LogP contribution in [0.15, 0.2) is 18.2 Å². The first kappa shape index (κ1) is 18.3. The molecule has 0 saturated carbocycles. The van der Waals surface area contributed by atoms with Gasteiger partial charge in [0, 0.05) is 12.6 Å². The minimum atomic E-state index is -1.22. The zero-order chi connectivity index (χ0) is 19.0. The molecule has 3 atom stereocenters. The lowest BCUT2D eigenvalue weighted by molar-refractivity contribution is -0.147. The number of halogens is 2. The van der Waals surface area contributed by atoms with Crippen LogP contribution in [0.3, 0.4) is 0 Å². The summed E-state index contributed by atoms with van der Waals surface area (Å²) in [7, 11) is 0. The Morgan fingerprint density at radius 2 is 2.08 bits per heavy atom. The zero-order valence-electron chi connectivity index (χ0n) is 14.6. The molecular weight excluding hydrogens is 344 g/mol. The van der Waals surface area contributed by atoms with Gasteiger partial charge in [-0.05, 0) is 30.9 Å². The predicted octanol–water partition coefficient (Wildman–Crippen LogP) is 1.21. The van der Waals surface area contributed by atoms with E-state index in [1.165, 1.54) is 17.0 Å². The number of fused-ring (bicyclic) bond motifs is 1. The van der Waals surface area contributed by atoms with E-state index in [1.54, 1.807) is 0 Å². The number of hydrogen-bond acceptors (Lipinski definition) is 3. The van der Waals surface area contributed by atoms with Crippen LogP contribution in [-0.4, -0.2) is 47.3 Å². The van der Waals surface area contributed by atoms with Gasteiger partial charge in [-0.2, -0.15) is 0 Å². The number of nitrogens with zero attached hydrogens (tertiary/aromatic N) is 1. The molecule has 0 bridgehead atoms. The fourth-order valence-electron chi connectivity index (χ4n) is 3.54. The van der Waals surface area contributed by atoms with E-state index < -0.39 is 41.2 Å². The van der Waals surface area contributed by atoms with Crippen molar-refractivity contribution in [3.05, 3.63) is 35.4 Å². The van der Waals surface area contributed by atoms with Crippen molar-refractivity contribution in [2.45, 2.75) is 44.8 Å². The highest BCUT2D eigenvalue weighted by Gasteiger charge is 2.46. The molecule has 0 spiro atoms. The number of piperazine rings is 1. The smallest absolute Gasteiger partial charge is 0.254 e. The maximum Gasteiger partial charge on any atom is 0.254 e. The van der Waals surface area contributed by atoms with Crippen LogP contribution in [0.5, 0.6) is 0 Å². The molecule has 0 aliphatic carbocycles. The molecule has 0 aromatic heterocycles. The summed E-state index contributed by atoms with van der Waals surface area (Å²) in [6.45, 7) is 4.10. The molecular formula is C18H21F2N3O3. The summed E-state index contributed by atoms with van der Waals surface area (Å²) in [5, 5.41) is 5.34. The topological polar surface area (TPSA) is 78.5 Å². The summed E-state index contributed by atoms with van der Waals surface area (Å²) in [4.78, 5) is 38.6. The second kappa shape index (κ2) is 7.01. The third-order valence-electron chi connectivity index (χ3n) is 4.74. The van der Waals surface area contributed by atoms with E-state index in [0.717, 1.165) is 6.07 Å². The first-order valence-electron chi connectivity index (χ1n) is 8.63. The first-order chi connectivity index (χ1) is 12.3. The minimum Gasteiger partial charge on any atom is -0.347 e. The van der Waals surface area contributed by atoms with E-state index in [4.69, 9.17) is 0 Å². The Balaban J connectivity index is 1.70. The Labute approximate surface area is 149 Å². The molecule has 6 nitrogen and oxygen atoms in total. The van der Waals surface area contributed by atoms with Crippen LogP contribution in [0.25, 0.3) is 0 Å². The number of rotatable bonds is 4. The van der Waals surface area contributed by atoms with E-state index >= 15 is 0 Å². The summed E-state index contributed by atoms with van der Waals surface area (Å²) < 4.78 is 27.0. The second-order valence-corrected chi connectivity index (χ2v) is 7.20. The largest absolute Gasteiger partial charge is 0.347 e. The van der Waals surface area contributed by atoms with Gasteiger partial charge in [0.1, 0.15) is 12.1 Å². The highest BCUT2D eigenvalue weighted by molar-refractivity contribution is 5.98.